The van der Waals surface area contributed by atoms with Gasteiger partial charge in [-0.25, -0.2) is 4.98 Å². The number of carbonyl (C=O) groups is 1. The normalized spacial score (nSPS) is 10.9. The molecule has 0 aliphatic rings. The molecule has 0 atom stereocenters. The molecule has 6 heteroatoms. The third-order valence-corrected chi connectivity index (χ3v) is 4.97. The number of rotatable bonds is 3. The molecule has 0 aliphatic carbocycles. The number of nitriles is 1. The van der Waals surface area contributed by atoms with E-state index in [2.05, 4.69) is 11.1 Å². The second-order valence-corrected chi connectivity index (χ2v) is 6.77. The summed E-state index contributed by atoms with van der Waals surface area (Å²) in [7, 11) is 0. The fraction of sp³-hybridized carbons (Fsp3) is 0.167. The number of thiophene rings is 1. The van der Waals surface area contributed by atoms with Crippen LogP contribution in [0.4, 0.5) is 11.5 Å². The number of fused-ring (bicyclic) bond motifs is 1. The Morgan fingerprint density at radius 1 is 1.25 bits per heavy atom. The maximum atomic E-state index is 12.8. The van der Waals surface area contributed by atoms with Gasteiger partial charge >= 0.3 is 0 Å². The maximum absolute atomic E-state index is 12.8. The van der Waals surface area contributed by atoms with Crippen molar-refractivity contribution < 1.29 is 4.79 Å². The van der Waals surface area contributed by atoms with Crippen LogP contribution >= 0.6 is 11.3 Å². The number of pyridine rings is 1. The fourth-order valence-electron chi connectivity index (χ4n) is 2.78. The van der Waals surface area contributed by atoms with Crippen molar-refractivity contribution in [3.8, 4) is 6.07 Å². The molecular formula is C18H16N4OS. The minimum atomic E-state index is -0.150. The van der Waals surface area contributed by atoms with Crippen molar-refractivity contribution in [2.75, 3.05) is 11.5 Å². The highest BCUT2D eigenvalue weighted by atomic mass is 32.1. The first-order chi connectivity index (χ1) is 11.5. The molecule has 0 spiro atoms. The third kappa shape index (κ3) is 2.39. The minimum absolute atomic E-state index is 0.0315. The van der Waals surface area contributed by atoms with Crippen LogP contribution in [-0.4, -0.2) is 10.8 Å². The summed E-state index contributed by atoms with van der Waals surface area (Å²) in [5.41, 5.74) is 14.2. The molecule has 120 valence electrons. The SMILES string of the molecule is CC(C)c1c(C#N)c(N)nc2sc(C(=O)c3ccccc3)c(N)c12. The second-order valence-electron chi connectivity index (χ2n) is 5.77. The summed E-state index contributed by atoms with van der Waals surface area (Å²) in [6.45, 7) is 3.93. The van der Waals surface area contributed by atoms with Crippen molar-refractivity contribution in [2.24, 2.45) is 0 Å². The van der Waals surface area contributed by atoms with Crippen LogP contribution in [0.15, 0.2) is 30.3 Å². The molecule has 0 bridgehead atoms. The third-order valence-electron chi connectivity index (χ3n) is 3.87. The highest BCUT2D eigenvalue weighted by molar-refractivity contribution is 7.21. The fourth-order valence-corrected chi connectivity index (χ4v) is 3.86. The first-order valence-electron chi connectivity index (χ1n) is 7.46. The van der Waals surface area contributed by atoms with E-state index in [4.69, 9.17) is 11.5 Å². The zero-order valence-corrected chi connectivity index (χ0v) is 14.1. The van der Waals surface area contributed by atoms with Crippen LogP contribution in [0.3, 0.4) is 0 Å². The van der Waals surface area contributed by atoms with E-state index < -0.39 is 0 Å². The summed E-state index contributed by atoms with van der Waals surface area (Å²) >= 11 is 1.22. The van der Waals surface area contributed by atoms with E-state index in [1.807, 2.05) is 19.9 Å². The van der Waals surface area contributed by atoms with Crippen LogP contribution in [0.1, 0.15) is 46.1 Å². The summed E-state index contributed by atoms with van der Waals surface area (Å²) in [6.07, 6.45) is 0. The van der Waals surface area contributed by atoms with Gasteiger partial charge in [-0.05, 0) is 11.5 Å². The Kier molecular flexibility index (Phi) is 3.96. The maximum Gasteiger partial charge on any atom is 0.205 e. The smallest absolute Gasteiger partial charge is 0.205 e. The molecule has 2 aromatic heterocycles. The van der Waals surface area contributed by atoms with Crippen molar-refractivity contribution >= 4 is 38.8 Å². The highest BCUT2D eigenvalue weighted by Crippen LogP contribution is 2.41. The molecule has 0 fully saturated rings. The van der Waals surface area contributed by atoms with Crippen LogP contribution in [0, 0.1) is 11.3 Å². The van der Waals surface area contributed by atoms with Gasteiger partial charge in [-0.1, -0.05) is 44.2 Å². The van der Waals surface area contributed by atoms with E-state index in [9.17, 15) is 10.1 Å². The zero-order valence-electron chi connectivity index (χ0n) is 13.3. The second kappa shape index (κ2) is 5.95. The molecule has 0 saturated carbocycles. The Bertz CT molecular complexity index is 984. The Hall–Kier alpha value is -2.91. The van der Waals surface area contributed by atoms with E-state index >= 15 is 0 Å². The quantitative estimate of drug-likeness (QED) is 0.710. The standard InChI is InChI=1S/C18H16N4OS/c1-9(2)12-11(8-19)17(21)22-18-13(12)14(20)16(24-18)15(23)10-6-4-3-5-7-10/h3-7,9H,20H2,1-2H3,(H2,21,22). The van der Waals surface area contributed by atoms with Crippen LogP contribution in [-0.2, 0) is 0 Å². The number of nitrogens with two attached hydrogens (primary N) is 2. The van der Waals surface area contributed by atoms with Gasteiger partial charge in [0.25, 0.3) is 0 Å². The first-order valence-corrected chi connectivity index (χ1v) is 8.28. The molecule has 1 aromatic carbocycles. The number of benzene rings is 1. The number of ketones is 1. The van der Waals surface area contributed by atoms with Gasteiger partial charge in [0.15, 0.2) is 0 Å². The van der Waals surface area contributed by atoms with E-state index in [1.165, 1.54) is 11.3 Å². The number of anilines is 2. The molecule has 0 radical (unpaired) electrons. The molecule has 3 aromatic rings. The van der Waals surface area contributed by atoms with Crippen LogP contribution in [0.2, 0.25) is 0 Å². The minimum Gasteiger partial charge on any atom is -0.397 e. The Morgan fingerprint density at radius 2 is 1.92 bits per heavy atom. The van der Waals surface area contributed by atoms with Gasteiger partial charge < -0.3 is 11.5 Å². The van der Waals surface area contributed by atoms with Crippen molar-refractivity contribution in [1.82, 2.24) is 4.98 Å². The number of nitrogens with zero attached hydrogens (tertiary/aromatic N) is 2. The molecule has 0 aliphatic heterocycles. The molecule has 2 heterocycles. The molecule has 3 rings (SSSR count). The van der Waals surface area contributed by atoms with E-state index in [0.29, 0.717) is 31.9 Å². The lowest BCUT2D eigenvalue weighted by Crippen LogP contribution is -2.04. The molecule has 0 unspecified atom stereocenters. The van der Waals surface area contributed by atoms with Crippen LogP contribution in [0.5, 0.6) is 0 Å². The average molecular weight is 336 g/mol. The number of nitrogen functional groups attached to an aromatic ring is 2. The average Bonchev–Trinajstić information content (AvgIpc) is 2.89. The van der Waals surface area contributed by atoms with Gasteiger partial charge in [0.05, 0.1) is 11.3 Å². The Balaban J connectivity index is 2.31. The summed E-state index contributed by atoms with van der Waals surface area (Å²) in [6, 6.07) is 11.1. The van der Waals surface area contributed by atoms with Crippen molar-refractivity contribution in [3.63, 3.8) is 0 Å². The summed E-state index contributed by atoms with van der Waals surface area (Å²) in [5, 5.41) is 10.1. The Morgan fingerprint density at radius 3 is 2.50 bits per heavy atom. The molecule has 0 amide bonds. The Labute approximate surface area is 143 Å². The van der Waals surface area contributed by atoms with Crippen LogP contribution in [0.25, 0.3) is 10.2 Å². The lowest BCUT2D eigenvalue weighted by Gasteiger charge is -2.12. The van der Waals surface area contributed by atoms with E-state index in [-0.39, 0.29) is 17.5 Å². The first kappa shape index (κ1) is 16.0. The van der Waals surface area contributed by atoms with Crippen molar-refractivity contribution in [2.45, 2.75) is 19.8 Å². The van der Waals surface area contributed by atoms with Gasteiger partial charge in [0.2, 0.25) is 5.78 Å². The number of hydrogen-bond donors (Lipinski definition) is 2. The lowest BCUT2D eigenvalue weighted by molar-refractivity contribution is 0.104. The largest absolute Gasteiger partial charge is 0.397 e. The van der Waals surface area contributed by atoms with Crippen molar-refractivity contribution in [1.29, 1.82) is 5.26 Å². The zero-order chi connectivity index (χ0) is 17.4. The molecular weight excluding hydrogens is 320 g/mol. The molecule has 5 nitrogen and oxygen atoms in total. The predicted octanol–water partition coefficient (Wildman–Crippen LogP) is 3.69. The predicted molar refractivity (Wildman–Crippen MR) is 97.1 cm³/mol. The monoisotopic (exact) mass is 336 g/mol. The summed E-state index contributed by atoms with van der Waals surface area (Å²) in [4.78, 5) is 18.1. The number of aromatic nitrogens is 1. The van der Waals surface area contributed by atoms with Gasteiger partial charge in [0.1, 0.15) is 21.6 Å². The van der Waals surface area contributed by atoms with Crippen LogP contribution < -0.4 is 11.5 Å². The summed E-state index contributed by atoms with van der Waals surface area (Å²) < 4.78 is 0. The van der Waals surface area contributed by atoms with Gasteiger partial charge in [-0.2, -0.15) is 5.26 Å². The lowest BCUT2D eigenvalue weighted by atomic mass is 9.94. The van der Waals surface area contributed by atoms with Gasteiger partial charge in [-0.15, -0.1) is 11.3 Å². The number of carbonyl (C=O) groups excluding carboxylic acids is 1. The summed E-state index contributed by atoms with van der Waals surface area (Å²) in [5.74, 6) is 0.0561. The van der Waals surface area contributed by atoms with Crippen molar-refractivity contribution in [3.05, 3.63) is 51.9 Å². The number of hydrogen-bond acceptors (Lipinski definition) is 6. The topological polar surface area (TPSA) is 106 Å². The molecule has 0 saturated heterocycles. The molecule has 24 heavy (non-hydrogen) atoms. The van der Waals surface area contributed by atoms with Gasteiger partial charge in [-0.3, -0.25) is 4.79 Å². The highest BCUT2D eigenvalue weighted by Gasteiger charge is 2.25. The molecule has 4 N–H and O–H groups in total. The van der Waals surface area contributed by atoms with Gasteiger partial charge in [0, 0.05) is 10.9 Å². The van der Waals surface area contributed by atoms with E-state index in [1.54, 1.807) is 24.3 Å². The van der Waals surface area contributed by atoms with E-state index in [0.717, 1.165) is 5.56 Å².